The summed E-state index contributed by atoms with van der Waals surface area (Å²) < 4.78 is 1.91. The van der Waals surface area contributed by atoms with Gasteiger partial charge in [-0.2, -0.15) is 0 Å². The van der Waals surface area contributed by atoms with Gasteiger partial charge in [0.1, 0.15) is 0 Å². The van der Waals surface area contributed by atoms with E-state index in [-0.39, 0.29) is 11.8 Å². The second-order valence-corrected chi connectivity index (χ2v) is 7.86. The molecule has 6 nitrogen and oxygen atoms in total. The van der Waals surface area contributed by atoms with Gasteiger partial charge in [-0.3, -0.25) is 14.0 Å². The molecule has 3 heterocycles. The number of carbonyl (C=O) groups is 2. The monoisotopic (exact) mass is 416 g/mol. The number of thiazole rings is 1. The first-order valence-electron chi connectivity index (χ1n) is 7.94. The molecule has 2 amide bonds. The van der Waals surface area contributed by atoms with Crippen LogP contribution in [0.2, 0.25) is 5.02 Å². The minimum atomic E-state index is -0.269. The van der Waals surface area contributed by atoms with Crippen molar-refractivity contribution >= 4 is 56.7 Å². The lowest BCUT2D eigenvalue weighted by Crippen LogP contribution is -2.23. The lowest BCUT2D eigenvalue weighted by molar-refractivity contribution is 0.0949. The molecular formula is C18H13ClN4O2S2. The summed E-state index contributed by atoms with van der Waals surface area (Å²) in [7, 11) is 0. The van der Waals surface area contributed by atoms with Gasteiger partial charge in [0.2, 0.25) is 0 Å². The lowest BCUT2D eigenvalue weighted by atomic mass is 10.2. The van der Waals surface area contributed by atoms with E-state index in [2.05, 4.69) is 15.6 Å². The van der Waals surface area contributed by atoms with Crippen LogP contribution in [0.1, 0.15) is 25.7 Å². The van der Waals surface area contributed by atoms with Gasteiger partial charge >= 0.3 is 0 Å². The van der Waals surface area contributed by atoms with E-state index in [0.29, 0.717) is 27.7 Å². The Balaban J connectivity index is 1.45. The molecule has 136 valence electrons. The molecule has 2 N–H and O–H groups in total. The number of anilines is 1. The lowest BCUT2D eigenvalue weighted by Gasteiger charge is -2.09. The molecule has 0 aliphatic heterocycles. The molecule has 0 unspecified atom stereocenters. The van der Waals surface area contributed by atoms with Crippen molar-refractivity contribution in [2.24, 2.45) is 0 Å². The van der Waals surface area contributed by atoms with E-state index in [4.69, 9.17) is 11.6 Å². The summed E-state index contributed by atoms with van der Waals surface area (Å²) in [4.78, 5) is 30.5. The highest BCUT2D eigenvalue weighted by atomic mass is 35.5. The Morgan fingerprint density at radius 3 is 2.81 bits per heavy atom. The maximum Gasteiger partial charge on any atom is 0.265 e. The Bertz CT molecular complexity index is 1090. The molecule has 4 aromatic rings. The molecule has 0 aliphatic carbocycles. The van der Waals surface area contributed by atoms with E-state index in [1.807, 2.05) is 27.6 Å². The second-order valence-electron chi connectivity index (χ2n) is 5.63. The summed E-state index contributed by atoms with van der Waals surface area (Å²) in [6.07, 6.45) is 3.79. The SMILES string of the molecule is O=C(NCc1cn2ccsc2n1)c1ccc(Cl)c(NC(=O)c2cccs2)c1. The summed E-state index contributed by atoms with van der Waals surface area (Å²) in [5, 5.41) is 9.71. The van der Waals surface area contributed by atoms with Gasteiger partial charge < -0.3 is 10.6 Å². The van der Waals surface area contributed by atoms with E-state index in [0.717, 1.165) is 10.7 Å². The number of imidazole rings is 1. The van der Waals surface area contributed by atoms with Gasteiger partial charge in [0, 0.05) is 23.3 Å². The summed E-state index contributed by atoms with van der Waals surface area (Å²) in [5.41, 5.74) is 1.57. The molecule has 0 atom stereocenters. The largest absolute Gasteiger partial charge is 0.346 e. The number of aromatic nitrogens is 2. The van der Waals surface area contributed by atoms with Crippen molar-refractivity contribution in [3.8, 4) is 0 Å². The zero-order valence-corrected chi connectivity index (χ0v) is 16.2. The minimum absolute atomic E-state index is 0.262. The minimum Gasteiger partial charge on any atom is -0.346 e. The van der Waals surface area contributed by atoms with E-state index in [1.54, 1.807) is 30.3 Å². The predicted octanol–water partition coefficient (Wildman–Crippen LogP) is 4.29. The van der Waals surface area contributed by atoms with Gasteiger partial charge in [-0.05, 0) is 29.6 Å². The molecule has 4 rings (SSSR count). The van der Waals surface area contributed by atoms with Gasteiger partial charge in [0.25, 0.3) is 11.8 Å². The number of amides is 2. The van der Waals surface area contributed by atoms with E-state index in [1.165, 1.54) is 22.7 Å². The van der Waals surface area contributed by atoms with Gasteiger partial charge in [-0.25, -0.2) is 4.98 Å². The Labute approximate surface area is 167 Å². The molecule has 0 saturated carbocycles. The van der Waals surface area contributed by atoms with Crippen LogP contribution < -0.4 is 10.6 Å². The quantitative estimate of drug-likeness (QED) is 0.509. The number of benzene rings is 1. The third-order valence-electron chi connectivity index (χ3n) is 3.79. The number of nitrogens with zero attached hydrogens (tertiary/aromatic N) is 2. The molecule has 0 spiro atoms. The van der Waals surface area contributed by atoms with Crippen LogP contribution in [0, 0.1) is 0 Å². The molecule has 0 saturated heterocycles. The van der Waals surface area contributed by atoms with Gasteiger partial charge in [-0.1, -0.05) is 17.7 Å². The van der Waals surface area contributed by atoms with Crippen molar-refractivity contribution in [3.05, 3.63) is 74.6 Å². The third kappa shape index (κ3) is 3.87. The predicted molar refractivity (Wildman–Crippen MR) is 108 cm³/mol. The summed E-state index contributed by atoms with van der Waals surface area (Å²) in [6, 6.07) is 8.29. The van der Waals surface area contributed by atoms with Crippen LogP contribution in [0.15, 0.2) is 53.5 Å². The highest BCUT2D eigenvalue weighted by Gasteiger charge is 2.13. The number of hydrogen-bond donors (Lipinski definition) is 2. The third-order valence-corrected chi connectivity index (χ3v) is 5.76. The van der Waals surface area contributed by atoms with Crippen molar-refractivity contribution in [3.63, 3.8) is 0 Å². The zero-order valence-electron chi connectivity index (χ0n) is 13.8. The summed E-state index contributed by atoms with van der Waals surface area (Å²) >= 11 is 9.02. The Hall–Kier alpha value is -2.68. The number of halogens is 1. The van der Waals surface area contributed by atoms with Crippen LogP contribution >= 0.6 is 34.3 Å². The van der Waals surface area contributed by atoms with Crippen molar-refractivity contribution in [2.45, 2.75) is 6.54 Å². The first-order valence-corrected chi connectivity index (χ1v) is 10.1. The van der Waals surface area contributed by atoms with Crippen molar-refractivity contribution in [1.29, 1.82) is 0 Å². The second kappa shape index (κ2) is 7.51. The number of fused-ring (bicyclic) bond motifs is 1. The highest BCUT2D eigenvalue weighted by molar-refractivity contribution is 7.15. The van der Waals surface area contributed by atoms with Crippen LogP contribution in [0.4, 0.5) is 5.69 Å². The fraction of sp³-hybridized carbons (Fsp3) is 0.0556. The van der Waals surface area contributed by atoms with E-state index < -0.39 is 0 Å². The molecule has 0 aliphatic rings. The van der Waals surface area contributed by atoms with E-state index >= 15 is 0 Å². The maximum atomic E-state index is 12.5. The molecule has 9 heteroatoms. The molecule has 0 radical (unpaired) electrons. The average Bonchev–Trinajstić information content (AvgIpc) is 3.38. The zero-order chi connectivity index (χ0) is 18.8. The van der Waals surface area contributed by atoms with Crippen LogP contribution in [0.25, 0.3) is 4.96 Å². The van der Waals surface area contributed by atoms with Crippen molar-refractivity contribution < 1.29 is 9.59 Å². The number of nitrogens with one attached hydrogen (secondary N) is 2. The maximum absolute atomic E-state index is 12.5. The van der Waals surface area contributed by atoms with Crippen LogP contribution in [-0.4, -0.2) is 21.2 Å². The topological polar surface area (TPSA) is 75.5 Å². The number of thiophene rings is 1. The first-order chi connectivity index (χ1) is 13.1. The smallest absolute Gasteiger partial charge is 0.265 e. The molecule has 0 fully saturated rings. The number of hydrogen-bond acceptors (Lipinski definition) is 5. The fourth-order valence-corrected chi connectivity index (χ4v) is 3.99. The molecular weight excluding hydrogens is 404 g/mol. The Morgan fingerprint density at radius 1 is 1.15 bits per heavy atom. The van der Waals surface area contributed by atoms with Crippen molar-refractivity contribution in [2.75, 3.05) is 5.32 Å². The Kier molecular flexibility index (Phi) is 4.93. The number of carbonyl (C=O) groups excluding carboxylic acids is 2. The van der Waals surface area contributed by atoms with Gasteiger partial charge in [0.15, 0.2) is 4.96 Å². The highest BCUT2D eigenvalue weighted by Crippen LogP contribution is 2.24. The summed E-state index contributed by atoms with van der Waals surface area (Å²) in [5.74, 6) is -0.530. The fourth-order valence-electron chi connectivity index (χ4n) is 2.49. The summed E-state index contributed by atoms with van der Waals surface area (Å²) in [6.45, 7) is 0.312. The molecule has 0 bridgehead atoms. The van der Waals surface area contributed by atoms with Gasteiger partial charge in [-0.15, -0.1) is 22.7 Å². The van der Waals surface area contributed by atoms with Gasteiger partial charge in [0.05, 0.1) is 27.8 Å². The first kappa shape index (κ1) is 17.7. The van der Waals surface area contributed by atoms with Crippen LogP contribution in [0.5, 0.6) is 0 Å². The standard InChI is InChI=1S/C18H13ClN4O2S2/c19-13-4-3-11(8-14(13)22-17(25)15-2-1-6-26-15)16(24)20-9-12-10-23-5-7-27-18(23)21-12/h1-8,10H,9H2,(H,20,24)(H,22,25). The average molecular weight is 417 g/mol. The molecule has 3 aromatic heterocycles. The van der Waals surface area contributed by atoms with E-state index in [9.17, 15) is 9.59 Å². The van der Waals surface area contributed by atoms with Crippen molar-refractivity contribution in [1.82, 2.24) is 14.7 Å². The Morgan fingerprint density at radius 2 is 2.04 bits per heavy atom. The van der Waals surface area contributed by atoms with Crippen LogP contribution in [0.3, 0.4) is 0 Å². The molecule has 27 heavy (non-hydrogen) atoms. The normalized spacial score (nSPS) is 10.9. The van der Waals surface area contributed by atoms with Crippen LogP contribution in [-0.2, 0) is 6.54 Å². The molecule has 1 aromatic carbocycles. The number of rotatable bonds is 5.